The lowest BCUT2D eigenvalue weighted by Crippen LogP contribution is -2.22. The van der Waals surface area contributed by atoms with Gasteiger partial charge in [-0.3, -0.25) is 4.79 Å². The Bertz CT molecular complexity index is 581. The Morgan fingerprint density at radius 1 is 1.16 bits per heavy atom. The van der Waals surface area contributed by atoms with Gasteiger partial charge in [-0.1, -0.05) is 18.9 Å². The first kappa shape index (κ1) is 14.3. The molecule has 1 aromatic rings. The molecule has 0 atom stereocenters. The van der Waals surface area contributed by atoms with Crippen molar-refractivity contribution in [3.63, 3.8) is 0 Å². The van der Waals surface area contributed by atoms with E-state index < -0.39 is 9.84 Å². The summed E-state index contributed by atoms with van der Waals surface area (Å²) in [5.74, 6) is -0.503. The van der Waals surface area contributed by atoms with Crippen LogP contribution in [0.25, 0.3) is 0 Å². The normalized spacial score (nSPS) is 16.7. The molecule has 104 valence electrons. The van der Waals surface area contributed by atoms with Gasteiger partial charge in [-0.15, -0.1) is 0 Å². The molecule has 1 saturated carbocycles. The van der Waals surface area contributed by atoms with E-state index in [1.165, 1.54) is 0 Å². The van der Waals surface area contributed by atoms with Crippen molar-refractivity contribution in [3.8, 4) is 0 Å². The third kappa shape index (κ3) is 3.24. The number of ketones is 1. The van der Waals surface area contributed by atoms with Gasteiger partial charge >= 0.3 is 0 Å². The van der Waals surface area contributed by atoms with Gasteiger partial charge in [0.25, 0.3) is 0 Å². The van der Waals surface area contributed by atoms with Crippen LogP contribution in [0, 0.1) is 19.8 Å². The molecule has 4 heteroatoms. The van der Waals surface area contributed by atoms with Crippen LogP contribution in [-0.2, 0) is 14.6 Å². The summed E-state index contributed by atoms with van der Waals surface area (Å²) < 4.78 is 24.5. The van der Waals surface area contributed by atoms with E-state index in [1.807, 2.05) is 13.8 Å². The predicted octanol–water partition coefficient (Wildman–Crippen LogP) is 2.84. The van der Waals surface area contributed by atoms with Crippen LogP contribution in [0.2, 0.25) is 0 Å². The maximum atomic E-state index is 12.2. The molecule has 1 aliphatic rings. The summed E-state index contributed by atoms with van der Waals surface area (Å²) in [5.41, 5.74) is 2.00. The second kappa shape index (κ2) is 5.45. The number of hydrogen-bond donors (Lipinski definition) is 0. The van der Waals surface area contributed by atoms with Gasteiger partial charge < -0.3 is 0 Å². The molecule has 0 bridgehead atoms. The van der Waals surface area contributed by atoms with E-state index in [9.17, 15) is 13.2 Å². The predicted molar refractivity (Wildman–Crippen MR) is 74.9 cm³/mol. The van der Waals surface area contributed by atoms with E-state index in [0.717, 1.165) is 36.8 Å². The lowest BCUT2D eigenvalue weighted by atomic mass is 10.0. The summed E-state index contributed by atoms with van der Waals surface area (Å²) in [6, 6.07) is 5.05. The standard InChI is InChI=1S/C15H20O3S/c1-11-7-8-14(9-12(11)2)19(17,18)10-15(16)13-5-3-4-6-13/h7-9,13H,3-6,10H2,1-2H3. The lowest BCUT2D eigenvalue weighted by molar-refractivity contribution is -0.120. The summed E-state index contributed by atoms with van der Waals surface area (Å²) in [6.07, 6.45) is 3.78. The Labute approximate surface area is 114 Å². The summed E-state index contributed by atoms with van der Waals surface area (Å²) in [7, 11) is -3.49. The van der Waals surface area contributed by atoms with Crippen molar-refractivity contribution in [2.75, 3.05) is 5.75 Å². The van der Waals surface area contributed by atoms with Crippen molar-refractivity contribution in [1.82, 2.24) is 0 Å². The molecule has 1 fully saturated rings. The average Bonchev–Trinajstić information content (AvgIpc) is 2.85. The summed E-state index contributed by atoms with van der Waals surface area (Å²) in [6.45, 7) is 3.82. The number of carbonyl (C=O) groups is 1. The second-order valence-electron chi connectivity index (χ2n) is 5.45. The number of aryl methyl sites for hydroxylation is 2. The highest BCUT2D eigenvalue weighted by Crippen LogP contribution is 2.27. The Kier molecular flexibility index (Phi) is 4.09. The van der Waals surface area contributed by atoms with E-state index in [0.29, 0.717) is 0 Å². The van der Waals surface area contributed by atoms with Crippen molar-refractivity contribution in [2.24, 2.45) is 5.92 Å². The lowest BCUT2D eigenvalue weighted by Gasteiger charge is -2.10. The molecule has 0 radical (unpaired) electrons. The zero-order valence-electron chi connectivity index (χ0n) is 11.5. The van der Waals surface area contributed by atoms with Gasteiger partial charge in [0.1, 0.15) is 5.75 Å². The van der Waals surface area contributed by atoms with E-state index in [4.69, 9.17) is 0 Å². The fourth-order valence-corrected chi connectivity index (χ4v) is 3.95. The van der Waals surface area contributed by atoms with Crippen LogP contribution in [0.1, 0.15) is 36.8 Å². The number of carbonyl (C=O) groups excluding carboxylic acids is 1. The van der Waals surface area contributed by atoms with Gasteiger partial charge in [-0.25, -0.2) is 8.42 Å². The zero-order chi connectivity index (χ0) is 14.0. The fraction of sp³-hybridized carbons (Fsp3) is 0.533. The van der Waals surface area contributed by atoms with Crippen molar-refractivity contribution >= 4 is 15.6 Å². The van der Waals surface area contributed by atoms with Gasteiger partial charge in [0.05, 0.1) is 4.90 Å². The molecule has 0 aliphatic heterocycles. The molecule has 2 rings (SSSR count). The number of sulfone groups is 1. The molecule has 1 aliphatic carbocycles. The topological polar surface area (TPSA) is 51.2 Å². The number of hydrogen-bond acceptors (Lipinski definition) is 3. The van der Waals surface area contributed by atoms with Gasteiger partial charge in [0, 0.05) is 5.92 Å². The van der Waals surface area contributed by atoms with Crippen LogP contribution in [0.3, 0.4) is 0 Å². The van der Waals surface area contributed by atoms with Crippen LogP contribution in [0.5, 0.6) is 0 Å². The molecule has 0 saturated heterocycles. The molecule has 1 aromatic carbocycles. The van der Waals surface area contributed by atoms with Gasteiger partial charge in [0.2, 0.25) is 0 Å². The molecule has 0 heterocycles. The highest BCUT2D eigenvalue weighted by molar-refractivity contribution is 7.92. The minimum absolute atomic E-state index is 0.0404. The smallest absolute Gasteiger partial charge is 0.185 e. The third-order valence-corrected chi connectivity index (χ3v) is 5.62. The molecule has 0 amide bonds. The van der Waals surface area contributed by atoms with Crippen LogP contribution in [-0.4, -0.2) is 20.0 Å². The monoisotopic (exact) mass is 280 g/mol. The molecule has 0 unspecified atom stereocenters. The SMILES string of the molecule is Cc1ccc(S(=O)(=O)CC(=O)C2CCCC2)cc1C. The Balaban J connectivity index is 2.17. The minimum atomic E-state index is -3.49. The number of rotatable bonds is 4. The highest BCUT2D eigenvalue weighted by atomic mass is 32.2. The first-order chi connectivity index (χ1) is 8.90. The van der Waals surface area contributed by atoms with E-state index in [2.05, 4.69) is 0 Å². The molecule has 0 N–H and O–H groups in total. The van der Waals surface area contributed by atoms with Crippen molar-refractivity contribution in [1.29, 1.82) is 0 Å². The molecular formula is C15H20O3S. The third-order valence-electron chi connectivity index (χ3n) is 3.98. The largest absolute Gasteiger partial charge is 0.298 e. The van der Waals surface area contributed by atoms with Crippen molar-refractivity contribution in [2.45, 2.75) is 44.4 Å². The Morgan fingerprint density at radius 3 is 2.37 bits per heavy atom. The molecule has 3 nitrogen and oxygen atoms in total. The quantitative estimate of drug-likeness (QED) is 0.852. The first-order valence-electron chi connectivity index (χ1n) is 6.73. The number of benzene rings is 1. The van der Waals surface area contributed by atoms with Crippen molar-refractivity contribution in [3.05, 3.63) is 29.3 Å². The van der Waals surface area contributed by atoms with Gasteiger partial charge in [0.15, 0.2) is 15.6 Å². The maximum absolute atomic E-state index is 12.2. The van der Waals surface area contributed by atoms with E-state index in [-0.39, 0.29) is 22.3 Å². The van der Waals surface area contributed by atoms with E-state index >= 15 is 0 Å². The van der Waals surface area contributed by atoms with Crippen LogP contribution < -0.4 is 0 Å². The minimum Gasteiger partial charge on any atom is -0.298 e. The van der Waals surface area contributed by atoms with Crippen LogP contribution >= 0.6 is 0 Å². The highest BCUT2D eigenvalue weighted by Gasteiger charge is 2.27. The Hall–Kier alpha value is -1.16. The molecular weight excluding hydrogens is 260 g/mol. The maximum Gasteiger partial charge on any atom is 0.185 e. The summed E-state index contributed by atoms with van der Waals surface area (Å²) in [5, 5.41) is 0. The fourth-order valence-electron chi connectivity index (χ4n) is 2.54. The van der Waals surface area contributed by atoms with E-state index in [1.54, 1.807) is 18.2 Å². The Morgan fingerprint density at radius 2 is 1.79 bits per heavy atom. The van der Waals surface area contributed by atoms with Crippen LogP contribution in [0.4, 0.5) is 0 Å². The summed E-state index contributed by atoms with van der Waals surface area (Å²) in [4.78, 5) is 12.3. The van der Waals surface area contributed by atoms with Gasteiger partial charge in [-0.05, 0) is 49.9 Å². The van der Waals surface area contributed by atoms with Gasteiger partial charge in [-0.2, -0.15) is 0 Å². The first-order valence-corrected chi connectivity index (χ1v) is 8.38. The number of Topliss-reactive ketones (excluding diaryl/α,β-unsaturated/α-hetero) is 1. The molecule has 0 spiro atoms. The van der Waals surface area contributed by atoms with Crippen molar-refractivity contribution < 1.29 is 13.2 Å². The second-order valence-corrected chi connectivity index (χ2v) is 7.44. The zero-order valence-corrected chi connectivity index (χ0v) is 12.3. The average molecular weight is 280 g/mol. The summed E-state index contributed by atoms with van der Waals surface area (Å²) >= 11 is 0. The van der Waals surface area contributed by atoms with Crippen LogP contribution in [0.15, 0.2) is 23.1 Å². The molecule has 0 aromatic heterocycles. The molecule has 19 heavy (non-hydrogen) atoms.